The number of aryl methyl sites for hydroxylation is 1. The first kappa shape index (κ1) is 24.4. The summed E-state index contributed by atoms with van der Waals surface area (Å²) < 4.78 is 12.8. The van der Waals surface area contributed by atoms with Gasteiger partial charge in [0.15, 0.2) is 6.61 Å². The number of hydrogen-bond acceptors (Lipinski definition) is 7. The number of carbonyl (C=O) groups excluding carboxylic acids is 1. The number of carbonyl (C=O) groups is 1. The van der Waals surface area contributed by atoms with E-state index in [1.165, 1.54) is 4.68 Å². The van der Waals surface area contributed by atoms with Crippen molar-refractivity contribution in [2.75, 3.05) is 32.2 Å². The second-order valence-corrected chi connectivity index (χ2v) is 8.43. The molecule has 0 N–H and O–H groups in total. The van der Waals surface area contributed by atoms with Gasteiger partial charge in [-0.05, 0) is 43.7 Å². The Hall–Kier alpha value is -3.20. The van der Waals surface area contributed by atoms with E-state index < -0.39 is 5.97 Å². The third kappa shape index (κ3) is 5.98. The van der Waals surface area contributed by atoms with E-state index in [1.54, 1.807) is 19.2 Å². The Balaban J connectivity index is 2.04. The highest BCUT2D eigenvalue weighted by molar-refractivity contribution is 9.10. The van der Waals surface area contributed by atoms with Gasteiger partial charge in [-0.1, -0.05) is 22.9 Å². The largest absolute Gasteiger partial charge is 0.481 e. The highest BCUT2D eigenvalue weighted by Crippen LogP contribution is 2.24. The number of nitrogens with zero attached hydrogens (tertiary/aromatic N) is 4. The summed E-state index contributed by atoms with van der Waals surface area (Å²) in [6.45, 7) is 3.82. The number of hydrogen-bond donors (Lipinski definition) is 0. The van der Waals surface area contributed by atoms with Crippen molar-refractivity contribution in [2.24, 2.45) is 5.10 Å². The molecule has 0 atom stereocenters. The molecule has 0 aliphatic heterocycles. The van der Waals surface area contributed by atoms with Crippen LogP contribution in [0.4, 0.5) is 5.69 Å². The Morgan fingerprint density at radius 1 is 1.21 bits per heavy atom. The Labute approximate surface area is 201 Å². The zero-order valence-corrected chi connectivity index (χ0v) is 20.8. The minimum absolute atomic E-state index is 0.224. The molecule has 0 aliphatic rings. The summed E-state index contributed by atoms with van der Waals surface area (Å²) in [5, 5.41) is 4.94. The van der Waals surface area contributed by atoms with Gasteiger partial charge in [0.2, 0.25) is 0 Å². The van der Waals surface area contributed by atoms with Crippen LogP contribution in [-0.4, -0.2) is 49.2 Å². The second kappa shape index (κ2) is 11.1. The van der Waals surface area contributed by atoms with Crippen molar-refractivity contribution in [2.45, 2.75) is 26.7 Å². The lowest BCUT2D eigenvalue weighted by molar-refractivity contribution is -0.145. The molecule has 0 radical (unpaired) electrons. The van der Waals surface area contributed by atoms with Gasteiger partial charge in [-0.15, -0.1) is 0 Å². The van der Waals surface area contributed by atoms with Crippen molar-refractivity contribution in [1.82, 2.24) is 9.66 Å². The molecule has 0 saturated heterocycles. The van der Waals surface area contributed by atoms with Gasteiger partial charge in [0.1, 0.15) is 11.6 Å². The fourth-order valence-electron chi connectivity index (χ4n) is 3.19. The summed E-state index contributed by atoms with van der Waals surface area (Å²) >= 11 is 3.41. The topological polar surface area (TPSA) is 86.0 Å². The highest BCUT2D eigenvalue weighted by Gasteiger charge is 2.12. The lowest BCUT2D eigenvalue weighted by Crippen LogP contribution is -2.22. The van der Waals surface area contributed by atoms with E-state index in [2.05, 4.69) is 26.0 Å². The summed E-state index contributed by atoms with van der Waals surface area (Å²) in [5.41, 5.74) is 1.90. The van der Waals surface area contributed by atoms with Crippen LogP contribution in [0.2, 0.25) is 0 Å². The fraction of sp³-hybridized carbons (Fsp3) is 0.333. The van der Waals surface area contributed by atoms with Crippen LogP contribution in [0.25, 0.3) is 10.9 Å². The quantitative estimate of drug-likeness (QED) is 0.316. The Morgan fingerprint density at radius 3 is 2.70 bits per heavy atom. The second-order valence-electron chi connectivity index (χ2n) is 7.51. The number of benzene rings is 2. The third-order valence-electron chi connectivity index (χ3n) is 4.83. The molecule has 0 bridgehead atoms. The molecule has 0 saturated carbocycles. The van der Waals surface area contributed by atoms with E-state index >= 15 is 0 Å². The van der Waals surface area contributed by atoms with Crippen molar-refractivity contribution in [3.8, 4) is 5.75 Å². The molecule has 3 aromatic rings. The molecule has 0 fully saturated rings. The van der Waals surface area contributed by atoms with E-state index in [4.69, 9.17) is 9.47 Å². The van der Waals surface area contributed by atoms with Crippen molar-refractivity contribution >= 4 is 44.7 Å². The van der Waals surface area contributed by atoms with E-state index in [1.807, 2.05) is 56.3 Å². The maximum Gasteiger partial charge on any atom is 0.344 e. The van der Waals surface area contributed by atoms with Crippen LogP contribution in [0.15, 0.2) is 50.8 Å². The molecule has 0 spiro atoms. The van der Waals surface area contributed by atoms with Crippen LogP contribution in [0.3, 0.4) is 0 Å². The SMILES string of the molecule is CCCc1nc2ccc(Br)cc2c(=O)n1N=Cc1ccc(N(C)C)cc1OCC(=O)OCC. The van der Waals surface area contributed by atoms with Crippen LogP contribution in [0.1, 0.15) is 31.7 Å². The number of aromatic nitrogens is 2. The zero-order valence-electron chi connectivity index (χ0n) is 19.2. The van der Waals surface area contributed by atoms with E-state index in [-0.39, 0.29) is 18.8 Å². The minimum atomic E-state index is -0.457. The molecular weight excluding hydrogens is 488 g/mol. The molecule has 174 valence electrons. The van der Waals surface area contributed by atoms with Crippen LogP contribution in [0.5, 0.6) is 5.75 Å². The van der Waals surface area contributed by atoms with Gasteiger partial charge in [-0.25, -0.2) is 9.78 Å². The molecule has 3 rings (SSSR count). The number of fused-ring (bicyclic) bond motifs is 1. The Bertz CT molecular complexity index is 1240. The normalized spacial score (nSPS) is 11.2. The van der Waals surface area contributed by atoms with Crippen LogP contribution in [-0.2, 0) is 16.0 Å². The molecule has 33 heavy (non-hydrogen) atoms. The number of anilines is 1. The highest BCUT2D eigenvalue weighted by atomic mass is 79.9. The van der Waals surface area contributed by atoms with Crippen molar-refractivity contribution in [3.63, 3.8) is 0 Å². The molecule has 8 nitrogen and oxygen atoms in total. The van der Waals surface area contributed by atoms with Gasteiger partial charge < -0.3 is 14.4 Å². The maximum absolute atomic E-state index is 13.2. The van der Waals surface area contributed by atoms with Gasteiger partial charge in [0.25, 0.3) is 5.56 Å². The molecule has 0 aliphatic carbocycles. The number of ether oxygens (including phenoxy) is 2. The van der Waals surface area contributed by atoms with Crippen molar-refractivity contribution < 1.29 is 14.3 Å². The molecule has 2 aromatic carbocycles. The molecule has 0 unspecified atom stereocenters. The van der Waals surface area contributed by atoms with Gasteiger partial charge in [-0.3, -0.25) is 4.79 Å². The van der Waals surface area contributed by atoms with Gasteiger partial charge in [0, 0.05) is 42.3 Å². The molecular formula is C24H27BrN4O4. The number of esters is 1. The molecule has 9 heteroatoms. The molecule has 1 aromatic heterocycles. The monoisotopic (exact) mass is 514 g/mol. The van der Waals surface area contributed by atoms with E-state index in [0.29, 0.717) is 34.5 Å². The summed E-state index contributed by atoms with van der Waals surface area (Å²) in [4.78, 5) is 31.6. The smallest absolute Gasteiger partial charge is 0.344 e. The predicted molar refractivity (Wildman–Crippen MR) is 134 cm³/mol. The first-order chi connectivity index (χ1) is 15.8. The average molecular weight is 515 g/mol. The number of halogens is 1. The summed E-state index contributed by atoms with van der Waals surface area (Å²) in [7, 11) is 3.82. The van der Waals surface area contributed by atoms with Gasteiger partial charge >= 0.3 is 5.97 Å². The molecule has 0 amide bonds. The fourth-order valence-corrected chi connectivity index (χ4v) is 3.55. The first-order valence-corrected chi connectivity index (χ1v) is 11.5. The summed E-state index contributed by atoms with van der Waals surface area (Å²) in [6, 6.07) is 11.0. The maximum atomic E-state index is 13.2. The van der Waals surface area contributed by atoms with Crippen molar-refractivity contribution in [1.29, 1.82) is 0 Å². The number of rotatable bonds is 9. The van der Waals surface area contributed by atoms with Crippen LogP contribution < -0.4 is 15.2 Å². The van der Waals surface area contributed by atoms with Crippen molar-refractivity contribution in [3.05, 3.63) is 62.6 Å². The van der Waals surface area contributed by atoms with Crippen LogP contribution >= 0.6 is 15.9 Å². The van der Waals surface area contributed by atoms with E-state index in [9.17, 15) is 9.59 Å². The summed E-state index contributed by atoms with van der Waals surface area (Å²) in [5.74, 6) is 0.577. The van der Waals surface area contributed by atoms with Gasteiger partial charge in [0.05, 0.1) is 23.7 Å². The van der Waals surface area contributed by atoms with Gasteiger partial charge in [-0.2, -0.15) is 9.78 Å². The van der Waals surface area contributed by atoms with Crippen LogP contribution in [0, 0.1) is 0 Å². The molecule has 1 heterocycles. The Morgan fingerprint density at radius 2 is 2.00 bits per heavy atom. The van der Waals surface area contributed by atoms with E-state index in [0.717, 1.165) is 16.6 Å². The predicted octanol–water partition coefficient (Wildman–Crippen LogP) is 4.00. The summed E-state index contributed by atoms with van der Waals surface area (Å²) in [6.07, 6.45) is 2.96. The third-order valence-corrected chi connectivity index (χ3v) is 5.32. The lowest BCUT2D eigenvalue weighted by Gasteiger charge is -2.16. The average Bonchev–Trinajstić information content (AvgIpc) is 2.78. The first-order valence-electron chi connectivity index (χ1n) is 10.7. The minimum Gasteiger partial charge on any atom is -0.481 e. The Kier molecular flexibility index (Phi) is 8.21. The lowest BCUT2D eigenvalue weighted by atomic mass is 10.2. The zero-order chi connectivity index (χ0) is 24.0. The standard InChI is InChI=1S/C24H27BrN4O4/c1-5-7-22-27-20-11-9-17(25)12-19(20)24(31)29(22)26-14-16-8-10-18(28(3)4)13-21(16)33-15-23(30)32-6-2/h8-14H,5-7,15H2,1-4H3.